The van der Waals surface area contributed by atoms with Gasteiger partial charge in [0.25, 0.3) is 0 Å². The van der Waals surface area contributed by atoms with E-state index in [1.54, 1.807) is 17.1 Å². The normalized spacial score (nSPS) is 21.2. The number of aromatic nitrogens is 2. The lowest BCUT2D eigenvalue weighted by molar-refractivity contribution is -0.140. The van der Waals surface area contributed by atoms with Gasteiger partial charge in [0, 0.05) is 25.8 Å². The summed E-state index contributed by atoms with van der Waals surface area (Å²) in [4.78, 5) is 2.08. The number of hydrogen-bond donors (Lipinski definition) is 2. The summed E-state index contributed by atoms with van der Waals surface area (Å²) in [6, 6.07) is 13.4. The van der Waals surface area contributed by atoms with Crippen molar-refractivity contribution in [1.29, 1.82) is 0 Å². The summed E-state index contributed by atoms with van der Waals surface area (Å²) in [5, 5.41) is 26.1. The van der Waals surface area contributed by atoms with E-state index in [1.807, 2.05) is 24.3 Å². The molecule has 176 valence electrons. The minimum absolute atomic E-state index is 0.0788. The number of aliphatic hydroxyl groups excluding tert-OH is 1. The highest BCUT2D eigenvalue weighted by Gasteiger charge is 2.42. The van der Waals surface area contributed by atoms with Crippen LogP contribution in [0.5, 0.6) is 11.5 Å². The molecule has 0 bridgehead atoms. The van der Waals surface area contributed by atoms with Crippen molar-refractivity contribution in [3.8, 4) is 11.5 Å². The summed E-state index contributed by atoms with van der Waals surface area (Å²) in [5.41, 5.74) is -0.343. The molecule has 0 radical (unpaired) electrons. The van der Waals surface area contributed by atoms with Crippen LogP contribution in [0.2, 0.25) is 5.02 Å². The van der Waals surface area contributed by atoms with Gasteiger partial charge in [-0.05, 0) is 48.4 Å². The quantitative estimate of drug-likeness (QED) is 0.495. The van der Waals surface area contributed by atoms with Crippen LogP contribution in [0.3, 0.4) is 0 Å². The van der Waals surface area contributed by atoms with Crippen molar-refractivity contribution in [2.45, 2.75) is 31.2 Å². The maximum absolute atomic E-state index is 13.1. The summed E-state index contributed by atoms with van der Waals surface area (Å²) in [5.74, 6) is 0.847. The van der Waals surface area contributed by atoms with Crippen LogP contribution >= 0.6 is 11.6 Å². The summed E-state index contributed by atoms with van der Waals surface area (Å²) in [7, 11) is 0. The van der Waals surface area contributed by atoms with Crippen molar-refractivity contribution in [2.75, 3.05) is 26.3 Å². The Morgan fingerprint density at radius 2 is 1.79 bits per heavy atom. The molecule has 1 aliphatic heterocycles. The van der Waals surface area contributed by atoms with E-state index < -0.39 is 11.7 Å². The van der Waals surface area contributed by atoms with Gasteiger partial charge < -0.3 is 19.7 Å². The number of nitrogens with zero attached hydrogens (tertiary/aromatic N) is 3. The first-order chi connectivity index (χ1) is 15.9. The van der Waals surface area contributed by atoms with E-state index in [9.17, 15) is 14.6 Å². The van der Waals surface area contributed by atoms with Gasteiger partial charge in [-0.1, -0.05) is 23.7 Å². The zero-order valence-electron chi connectivity index (χ0n) is 18.1. The Bertz CT molecular complexity index is 1030. The van der Waals surface area contributed by atoms with Crippen molar-refractivity contribution in [2.24, 2.45) is 0 Å². The second-order valence-corrected chi connectivity index (χ2v) is 8.71. The van der Waals surface area contributed by atoms with Crippen LogP contribution < -0.4 is 9.47 Å². The van der Waals surface area contributed by atoms with Gasteiger partial charge in [-0.15, -0.1) is 0 Å². The van der Waals surface area contributed by atoms with Gasteiger partial charge in [-0.3, -0.25) is 9.58 Å². The first-order valence-corrected chi connectivity index (χ1v) is 11.2. The molecule has 1 fully saturated rings. The van der Waals surface area contributed by atoms with E-state index in [4.69, 9.17) is 21.1 Å². The molecule has 0 spiro atoms. The molecule has 1 aromatic heterocycles. The van der Waals surface area contributed by atoms with Crippen LogP contribution in [0.15, 0.2) is 60.9 Å². The molecule has 2 atom stereocenters. The van der Waals surface area contributed by atoms with E-state index in [2.05, 4.69) is 10.00 Å². The fraction of sp³-hybridized carbons (Fsp3) is 0.375. The van der Waals surface area contributed by atoms with Crippen LogP contribution in [0, 0.1) is 5.82 Å². The minimum Gasteiger partial charge on any atom is -0.492 e. The third-order valence-corrected chi connectivity index (χ3v) is 5.85. The third kappa shape index (κ3) is 6.45. The Kier molecular flexibility index (Phi) is 7.49. The number of rotatable bonds is 9. The number of β-amino-alcohol motifs (C(OH)–C–C–N with tert-alkyl or cyclic N) is 1. The largest absolute Gasteiger partial charge is 0.492 e. The van der Waals surface area contributed by atoms with Crippen LogP contribution in [0.25, 0.3) is 0 Å². The molecule has 1 aliphatic rings. The lowest BCUT2D eigenvalue weighted by atomic mass is 9.90. The van der Waals surface area contributed by atoms with Crippen LogP contribution in [0.4, 0.5) is 4.39 Å². The van der Waals surface area contributed by atoms with Crippen molar-refractivity contribution < 1.29 is 24.1 Å². The van der Waals surface area contributed by atoms with E-state index in [1.165, 1.54) is 24.3 Å². The first kappa shape index (κ1) is 23.5. The molecule has 2 aromatic carbocycles. The highest BCUT2D eigenvalue weighted by molar-refractivity contribution is 6.30. The molecule has 0 unspecified atom stereocenters. The van der Waals surface area contributed by atoms with Crippen molar-refractivity contribution >= 4 is 11.6 Å². The Balaban J connectivity index is 1.27. The zero-order chi connectivity index (χ0) is 23.3. The SMILES string of the molecule is O[C@H]1CCN(Cc2ccc(OCCn3cc(Cl)cn3)cc2)C[C@]1(O)COc1ccc(F)cc1. The average molecular weight is 476 g/mol. The van der Waals surface area contributed by atoms with Crippen molar-refractivity contribution in [3.63, 3.8) is 0 Å². The fourth-order valence-electron chi connectivity index (χ4n) is 3.83. The average Bonchev–Trinajstić information content (AvgIpc) is 3.22. The number of halogens is 2. The standard InChI is InChI=1S/C24H27ClFN3O4/c25-19-13-27-29(15-19)11-12-32-21-5-1-18(2-6-21)14-28-10-9-23(30)24(31,16-28)17-33-22-7-3-20(26)4-8-22/h1-8,13,15,23,30-31H,9-12,14,16-17H2/t23-,24-/m0/s1. The molecular weight excluding hydrogens is 449 g/mol. The van der Waals surface area contributed by atoms with Gasteiger partial charge in [0.2, 0.25) is 0 Å². The molecular formula is C24H27ClFN3O4. The highest BCUT2D eigenvalue weighted by atomic mass is 35.5. The Labute approximate surface area is 196 Å². The van der Waals surface area contributed by atoms with Gasteiger partial charge in [0.05, 0.1) is 23.9 Å². The molecule has 4 rings (SSSR count). The monoisotopic (exact) mass is 475 g/mol. The summed E-state index contributed by atoms with van der Waals surface area (Å²) in [6.07, 6.45) is 2.87. The highest BCUT2D eigenvalue weighted by Crippen LogP contribution is 2.25. The lowest BCUT2D eigenvalue weighted by Gasteiger charge is -2.42. The second-order valence-electron chi connectivity index (χ2n) is 8.28. The number of likely N-dealkylation sites (tertiary alicyclic amines) is 1. The number of piperidine rings is 1. The van der Waals surface area contributed by atoms with Gasteiger partial charge in [-0.25, -0.2) is 4.39 Å². The van der Waals surface area contributed by atoms with Crippen LogP contribution in [-0.2, 0) is 13.1 Å². The zero-order valence-corrected chi connectivity index (χ0v) is 18.9. The summed E-state index contributed by atoms with van der Waals surface area (Å²) >= 11 is 5.85. The van der Waals surface area contributed by atoms with Gasteiger partial charge in [0.1, 0.15) is 36.1 Å². The fourth-order valence-corrected chi connectivity index (χ4v) is 3.98. The maximum Gasteiger partial charge on any atom is 0.137 e. The minimum atomic E-state index is -1.41. The maximum atomic E-state index is 13.1. The van der Waals surface area contributed by atoms with E-state index >= 15 is 0 Å². The lowest BCUT2D eigenvalue weighted by Crippen LogP contribution is -2.59. The summed E-state index contributed by atoms with van der Waals surface area (Å²) < 4.78 is 26.2. The number of hydrogen-bond acceptors (Lipinski definition) is 6. The molecule has 9 heteroatoms. The van der Waals surface area contributed by atoms with Gasteiger partial charge >= 0.3 is 0 Å². The Hall–Kier alpha value is -2.65. The molecule has 0 saturated carbocycles. The number of aliphatic hydroxyl groups is 2. The third-order valence-electron chi connectivity index (χ3n) is 5.66. The molecule has 0 aliphatic carbocycles. The topological polar surface area (TPSA) is 80.0 Å². The van der Waals surface area contributed by atoms with Gasteiger partial charge in [0.15, 0.2) is 0 Å². The van der Waals surface area contributed by atoms with E-state index in [-0.39, 0.29) is 19.0 Å². The van der Waals surface area contributed by atoms with Gasteiger partial charge in [-0.2, -0.15) is 5.10 Å². The summed E-state index contributed by atoms with van der Waals surface area (Å²) in [6.45, 7) is 2.54. The molecule has 33 heavy (non-hydrogen) atoms. The molecule has 3 aromatic rings. The molecule has 1 saturated heterocycles. The number of benzene rings is 2. The first-order valence-electron chi connectivity index (χ1n) is 10.8. The predicted molar refractivity (Wildman–Crippen MR) is 122 cm³/mol. The van der Waals surface area contributed by atoms with Crippen LogP contribution in [0.1, 0.15) is 12.0 Å². The Morgan fingerprint density at radius 3 is 2.48 bits per heavy atom. The smallest absolute Gasteiger partial charge is 0.137 e. The Morgan fingerprint density at radius 1 is 1.09 bits per heavy atom. The van der Waals surface area contributed by atoms with E-state index in [0.29, 0.717) is 43.4 Å². The van der Waals surface area contributed by atoms with Crippen LogP contribution in [-0.4, -0.2) is 62.9 Å². The molecule has 0 amide bonds. The molecule has 2 N–H and O–H groups in total. The molecule has 7 nitrogen and oxygen atoms in total. The van der Waals surface area contributed by atoms with Crippen molar-refractivity contribution in [3.05, 3.63) is 77.3 Å². The van der Waals surface area contributed by atoms with E-state index in [0.717, 1.165) is 11.3 Å². The predicted octanol–water partition coefficient (Wildman–Crippen LogP) is 3.13. The second kappa shape index (κ2) is 10.5. The number of ether oxygens (including phenoxy) is 2. The van der Waals surface area contributed by atoms with Crippen molar-refractivity contribution in [1.82, 2.24) is 14.7 Å². The molecule has 2 heterocycles.